The minimum Gasteiger partial charge on any atom is -0.466 e. The molecule has 35 heavy (non-hydrogen) atoms. The Balaban J connectivity index is 2.36. The van der Waals surface area contributed by atoms with E-state index in [1.807, 2.05) is 0 Å². The van der Waals surface area contributed by atoms with Gasteiger partial charge in [-0.2, -0.15) is 18.2 Å². The van der Waals surface area contributed by atoms with Crippen molar-refractivity contribution in [3.63, 3.8) is 0 Å². The van der Waals surface area contributed by atoms with Crippen LogP contribution in [-0.2, 0) is 33.5 Å². The highest BCUT2D eigenvalue weighted by Crippen LogP contribution is 2.37. The molecule has 0 saturated carbocycles. The van der Waals surface area contributed by atoms with Crippen molar-refractivity contribution in [1.29, 1.82) is 0 Å². The number of benzene rings is 1. The first kappa shape index (κ1) is 26.0. The van der Waals surface area contributed by atoms with E-state index in [-0.39, 0.29) is 51.9 Å². The first-order valence-electron chi connectivity index (χ1n) is 10.2. The predicted octanol–water partition coefficient (Wildman–Crippen LogP) is 3.00. The van der Waals surface area contributed by atoms with Gasteiger partial charge in [0.15, 0.2) is 11.8 Å². The predicted molar refractivity (Wildman–Crippen MR) is 120 cm³/mol. The van der Waals surface area contributed by atoms with Gasteiger partial charge in [-0.3, -0.25) is 9.59 Å². The number of rotatable bonds is 9. The molecule has 0 aliphatic carbocycles. The van der Waals surface area contributed by atoms with E-state index in [2.05, 4.69) is 14.7 Å². The number of amides is 1. The van der Waals surface area contributed by atoms with Gasteiger partial charge >= 0.3 is 12.1 Å². The molecule has 186 valence electrons. The fourth-order valence-corrected chi connectivity index (χ4v) is 3.98. The number of primary amides is 1. The van der Waals surface area contributed by atoms with Crippen LogP contribution in [0.4, 0.5) is 13.2 Å². The summed E-state index contributed by atoms with van der Waals surface area (Å²) in [5.41, 5.74) is 4.43. The van der Waals surface area contributed by atoms with Crippen LogP contribution in [0.25, 0.3) is 11.0 Å². The minimum atomic E-state index is -4.62. The maximum absolute atomic E-state index is 13.7. The molecule has 0 atom stereocenters. The Labute approximate surface area is 201 Å². The van der Waals surface area contributed by atoms with Crippen molar-refractivity contribution < 1.29 is 37.0 Å². The lowest BCUT2D eigenvalue weighted by atomic mass is 10.1. The first-order valence-corrected chi connectivity index (χ1v) is 11.4. The van der Waals surface area contributed by atoms with E-state index in [0.717, 1.165) is 24.9 Å². The molecule has 13 heteroatoms. The van der Waals surface area contributed by atoms with Crippen molar-refractivity contribution in [2.75, 3.05) is 20.0 Å². The second kappa shape index (κ2) is 10.3. The summed E-state index contributed by atoms with van der Waals surface area (Å²) in [7, 11) is 1.15. The van der Waals surface area contributed by atoms with E-state index in [9.17, 15) is 27.6 Å². The summed E-state index contributed by atoms with van der Waals surface area (Å²) in [4.78, 5) is 45.0. The van der Waals surface area contributed by atoms with Crippen molar-refractivity contribution >= 4 is 40.5 Å². The molecular weight excluding hydrogens is 489 g/mol. The number of fused-ring (bicyclic) bond motifs is 1. The molecule has 1 aromatic carbocycles. The molecular formula is C22H21F3N4O5S. The van der Waals surface area contributed by atoms with Crippen LogP contribution in [0.2, 0.25) is 0 Å². The zero-order chi connectivity index (χ0) is 25.9. The summed E-state index contributed by atoms with van der Waals surface area (Å²) in [5, 5.41) is 0.137. The van der Waals surface area contributed by atoms with E-state index in [4.69, 9.17) is 10.5 Å². The van der Waals surface area contributed by atoms with Crippen LogP contribution in [0.5, 0.6) is 5.88 Å². The molecule has 2 heterocycles. The first-order chi connectivity index (χ1) is 16.5. The number of halogens is 3. The van der Waals surface area contributed by atoms with Crippen molar-refractivity contribution in [3.8, 4) is 5.88 Å². The number of alkyl halides is 3. The van der Waals surface area contributed by atoms with Crippen LogP contribution in [-0.4, -0.2) is 52.2 Å². The Morgan fingerprint density at radius 1 is 1.17 bits per heavy atom. The SMILES string of the molecule is CCc1c(C(=O)C(N)=O)c2c(OCC(=O)OC)nc(SC)nc2n1Cc1ccccc1C(F)(F)F. The monoisotopic (exact) mass is 510 g/mol. The van der Waals surface area contributed by atoms with Crippen LogP contribution in [0.15, 0.2) is 29.4 Å². The molecule has 0 radical (unpaired) electrons. The number of Topliss-reactive ketones (excluding diaryl/α,β-unsaturated/α-hetero) is 1. The molecule has 2 aromatic heterocycles. The quantitative estimate of drug-likeness (QED) is 0.153. The van der Waals surface area contributed by atoms with Crippen LogP contribution in [0.1, 0.15) is 34.1 Å². The van der Waals surface area contributed by atoms with Gasteiger partial charge in [0.25, 0.3) is 11.7 Å². The lowest BCUT2D eigenvalue weighted by Gasteiger charge is -2.15. The van der Waals surface area contributed by atoms with E-state index >= 15 is 0 Å². The summed E-state index contributed by atoms with van der Waals surface area (Å²) < 4.78 is 52.4. The smallest absolute Gasteiger partial charge is 0.416 e. The standard InChI is InChI=1S/C22H21F3N4O5S/c1-4-13-15(17(31)18(26)32)16-19(27-21(35-3)28-20(16)34-10-14(30)33-2)29(13)9-11-7-5-6-8-12(11)22(23,24)25/h5-8H,4,9-10H2,1-3H3,(H2,26,32). The van der Waals surface area contributed by atoms with Crippen molar-refractivity contribution in [1.82, 2.24) is 14.5 Å². The van der Waals surface area contributed by atoms with Crippen molar-refractivity contribution in [2.45, 2.75) is 31.2 Å². The normalized spacial score (nSPS) is 11.5. The Morgan fingerprint density at radius 2 is 1.86 bits per heavy atom. The van der Waals surface area contributed by atoms with Crippen LogP contribution in [0, 0.1) is 0 Å². The number of nitrogens with zero attached hydrogens (tertiary/aromatic N) is 3. The third kappa shape index (κ3) is 5.24. The molecule has 0 aliphatic rings. The number of carbonyl (C=O) groups excluding carboxylic acids is 3. The number of esters is 1. The number of nitrogens with two attached hydrogens (primary N) is 1. The highest BCUT2D eigenvalue weighted by Gasteiger charge is 2.34. The molecule has 9 nitrogen and oxygen atoms in total. The molecule has 2 N–H and O–H groups in total. The number of aromatic nitrogens is 3. The molecule has 0 unspecified atom stereocenters. The van der Waals surface area contributed by atoms with Gasteiger partial charge < -0.3 is 19.8 Å². The summed E-state index contributed by atoms with van der Waals surface area (Å²) in [6.45, 7) is 0.781. The van der Waals surface area contributed by atoms with Gasteiger partial charge in [0, 0.05) is 12.2 Å². The molecule has 0 saturated heterocycles. The number of ketones is 1. The summed E-state index contributed by atoms with van der Waals surface area (Å²) in [5.74, 6) is -3.30. The Morgan fingerprint density at radius 3 is 2.43 bits per heavy atom. The highest BCUT2D eigenvalue weighted by molar-refractivity contribution is 7.98. The van der Waals surface area contributed by atoms with Gasteiger partial charge in [-0.15, -0.1) is 0 Å². The zero-order valence-electron chi connectivity index (χ0n) is 18.9. The summed E-state index contributed by atoms with van der Waals surface area (Å²) in [6.07, 6.45) is -2.82. The third-order valence-corrected chi connectivity index (χ3v) is 5.68. The molecule has 1 amide bonds. The highest BCUT2D eigenvalue weighted by atomic mass is 32.2. The number of thioether (sulfide) groups is 1. The number of hydrogen-bond donors (Lipinski definition) is 1. The summed E-state index contributed by atoms with van der Waals surface area (Å²) in [6, 6.07) is 5.00. The van der Waals surface area contributed by atoms with Gasteiger partial charge in [0.05, 0.1) is 23.6 Å². The lowest BCUT2D eigenvalue weighted by Crippen LogP contribution is -2.24. The molecule has 0 fully saturated rings. The number of ether oxygens (including phenoxy) is 2. The van der Waals surface area contributed by atoms with Crippen LogP contribution in [0.3, 0.4) is 0 Å². The minimum absolute atomic E-state index is 0.0307. The van der Waals surface area contributed by atoms with Gasteiger partial charge in [-0.25, -0.2) is 9.78 Å². The Kier molecular flexibility index (Phi) is 7.68. The second-order valence-corrected chi connectivity index (χ2v) is 7.96. The molecule has 3 aromatic rings. The number of hydrogen-bond acceptors (Lipinski definition) is 8. The van der Waals surface area contributed by atoms with E-state index in [0.29, 0.717) is 0 Å². The fourth-order valence-electron chi connectivity index (χ4n) is 3.62. The lowest BCUT2D eigenvalue weighted by molar-refractivity contribution is -0.143. The van der Waals surface area contributed by atoms with Gasteiger partial charge in [-0.1, -0.05) is 36.9 Å². The van der Waals surface area contributed by atoms with E-state index in [1.54, 1.807) is 13.2 Å². The third-order valence-electron chi connectivity index (χ3n) is 5.13. The largest absolute Gasteiger partial charge is 0.466 e. The van der Waals surface area contributed by atoms with E-state index < -0.39 is 36.0 Å². The Hall–Kier alpha value is -3.61. The van der Waals surface area contributed by atoms with E-state index in [1.165, 1.54) is 22.8 Å². The topological polar surface area (TPSA) is 126 Å². The zero-order valence-corrected chi connectivity index (χ0v) is 19.7. The van der Waals surface area contributed by atoms with Crippen molar-refractivity contribution in [3.05, 3.63) is 46.6 Å². The van der Waals surface area contributed by atoms with Crippen LogP contribution < -0.4 is 10.5 Å². The molecule has 0 aliphatic heterocycles. The van der Waals surface area contributed by atoms with Gasteiger partial charge in [0.2, 0.25) is 5.88 Å². The summed E-state index contributed by atoms with van der Waals surface area (Å²) >= 11 is 1.11. The molecule has 0 bridgehead atoms. The number of carbonyl (C=O) groups is 3. The maximum Gasteiger partial charge on any atom is 0.416 e. The van der Waals surface area contributed by atoms with Gasteiger partial charge in [-0.05, 0) is 24.3 Å². The Bertz CT molecular complexity index is 1310. The van der Waals surface area contributed by atoms with Crippen molar-refractivity contribution in [2.24, 2.45) is 5.73 Å². The number of methoxy groups -OCH3 is 1. The maximum atomic E-state index is 13.7. The molecule has 0 spiro atoms. The van der Waals surface area contributed by atoms with Crippen LogP contribution >= 0.6 is 11.8 Å². The fraction of sp³-hybridized carbons (Fsp3) is 0.318. The van der Waals surface area contributed by atoms with Gasteiger partial charge in [0.1, 0.15) is 5.65 Å². The second-order valence-electron chi connectivity index (χ2n) is 7.19. The molecule has 3 rings (SSSR count). The average molecular weight is 510 g/mol. The average Bonchev–Trinajstić information content (AvgIpc) is 3.14.